The summed E-state index contributed by atoms with van der Waals surface area (Å²) in [5, 5.41) is 2.90. The molecule has 7 heteroatoms. The summed E-state index contributed by atoms with van der Waals surface area (Å²) >= 11 is 0. The van der Waals surface area contributed by atoms with Gasteiger partial charge in [0.25, 0.3) is 5.91 Å². The van der Waals surface area contributed by atoms with Gasteiger partial charge in [0.1, 0.15) is 10.6 Å². The first kappa shape index (κ1) is 20.4. The molecule has 1 aromatic carbocycles. The van der Waals surface area contributed by atoms with E-state index >= 15 is 0 Å². The van der Waals surface area contributed by atoms with Crippen molar-refractivity contribution in [3.8, 4) is 5.75 Å². The van der Waals surface area contributed by atoms with Gasteiger partial charge in [0.2, 0.25) is 10.0 Å². The van der Waals surface area contributed by atoms with Crippen LogP contribution in [0, 0.1) is 5.92 Å². The van der Waals surface area contributed by atoms with E-state index in [1.165, 1.54) is 26.3 Å². The number of carbonyl (C=O) groups excluding carboxylic acids is 1. The number of amides is 1. The van der Waals surface area contributed by atoms with Crippen LogP contribution < -0.4 is 14.8 Å². The number of sulfonamides is 1. The molecule has 0 heterocycles. The lowest BCUT2D eigenvalue weighted by molar-refractivity contribution is 0.0945. The third-order valence-electron chi connectivity index (χ3n) is 4.08. The molecular weight excluding hydrogens is 328 g/mol. The van der Waals surface area contributed by atoms with Crippen molar-refractivity contribution in [3.05, 3.63) is 23.8 Å². The lowest BCUT2D eigenvalue weighted by atomic mass is 9.99. The fraction of sp³-hybridized carbons (Fsp3) is 0.588. The van der Waals surface area contributed by atoms with E-state index in [4.69, 9.17) is 4.74 Å². The van der Waals surface area contributed by atoms with Gasteiger partial charge in [0.15, 0.2) is 0 Å². The highest BCUT2D eigenvalue weighted by molar-refractivity contribution is 7.89. The number of rotatable bonds is 10. The van der Waals surface area contributed by atoms with Crippen LogP contribution >= 0.6 is 0 Å². The van der Waals surface area contributed by atoms with Gasteiger partial charge in [-0.25, -0.2) is 13.1 Å². The second-order valence-corrected chi connectivity index (χ2v) is 7.55. The maximum atomic E-state index is 12.3. The Morgan fingerprint density at radius 2 is 2.00 bits per heavy atom. The van der Waals surface area contributed by atoms with E-state index in [2.05, 4.69) is 23.9 Å². The molecule has 0 unspecified atom stereocenters. The monoisotopic (exact) mass is 356 g/mol. The molecule has 0 aliphatic carbocycles. The SMILES string of the molecule is CCCC[C@H](CC)CNC(=O)c1ccc(OC)c(S(=O)(=O)NC)c1. The maximum absolute atomic E-state index is 12.3. The van der Waals surface area contributed by atoms with Crippen molar-refractivity contribution >= 4 is 15.9 Å². The van der Waals surface area contributed by atoms with E-state index in [1.807, 2.05) is 0 Å². The lowest BCUT2D eigenvalue weighted by Gasteiger charge is -2.16. The Bertz CT molecular complexity index is 644. The topological polar surface area (TPSA) is 84.5 Å². The fourth-order valence-electron chi connectivity index (χ4n) is 2.42. The smallest absolute Gasteiger partial charge is 0.251 e. The molecule has 0 fully saturated rings. The zero-order chi connectivity index (χ0) is 18.2. The molecule has 1 aromatic rings. The average molecular weight is 356 g/mol. The molecule has 0 aromatic heterocycles. The zero-order valence-corrected chi connectivity index (χ0v) is 15.7. The molecule has 1 amide bonds. The molecule has 1 rings (SSSR count). The molecule has 0 aliphatic rings. The summed E-state index contributed by atoms with van der Waals surface area (Å²) in [6.07, 6.45) is 4.35. The molecule has 24 heavy (non-hydrogen) atoms. The van der Waals surface area contributed by atoms with E-state index < -0.39 is 10.0 Å². The molecule has 0 radical (unpaired) electrons. The minimum Gasteiger partial charge on any atom is -0.495 e. The highest BCUT2D eigenvalue weighted by Gasteiger charge is 2.20. The number of nitrogens with one attached hydrogen (secondary N) is 2. The van der Waals surface area contributed by atoms with E-state index in [9.17, 15) is 13.2 Å². The predicted molar refractivity (Wildman–Crippen MR) is 94.9 cm³/mol. The number of carbonyl (C=O) groups is 1. The zero-order valence-electron chi connectivity index (χ0n) is 14.9. The number of hydrogen-bond donors (Lipinski definition) is 2. The van der Waals surface area contributed by atoms with Crippen LogP contribution in [-0.2, 0) is 10.0 Å². The summed E-state index contributed by atoms with van der Waals surface area (Å²) in [7, 11) is -0.987. The van der Waals surface area contributed by atoms with Crippen molar-refractivity contribution in [2.24, 2.45) is 5.92 Å². The maximum Gasteiger partial charge on any atom is 0.251 e. The van der Waals surface area contributed by atoms with Crippen LogP contribution in [0.1, 0.15) is 49.9 Å². The number of methoxy groups -OCH3 is 1. The van der Waals surface area contributed by atoms with Gasteiger partial charge in [-0.1, -0.05) is 33.1 Å². The second-order valence-electron chi connectivity index (χ2n) is 5.70. The molecule has 0 spiro atoms. The Balaban J connectivity index is 2.90. The first-order chi connectivity index (χ1) is 11.4. The molecule has 136 valence electrons. The molecule has 0 bridgehead atoms. The summed E-state index contributed by atoms with van der Waals surface area (Å²) in [6.45, 7) is 4.85. The van der Waals surface area contributed by atoms with Crippen LogP contribution in [-0.4, -0.2) is 35.0 Å². The van der Waals surface area contributed by atoms with Crippen molar-refractivity contribution in [1.29, 1.82) is 0 Å². The van der Waals surface area contributed by atoms with Crippen molar-refractivity contribution in [3.63, 3.8) is 0 Å². The molecule has 2 N–H and O–H groups in total. The van der Waals surface area contributed by atoms with Crippen molar-refractivity contribution in [1.82, 2.24) is 10.0 Å². The Morgan fingerprint density at radius 1 is 1.29 bits per heavy atom. The highest BCUT2D eigenvalue weighted by atomic mass is 32.2. The first-order valence-corrected chi connectivity index (χ1v) is 9.77. The Morgan fingerprint density at radius 3 is 2.54 bits per heavy atom. The molecule has 6 nitrogen and oxygen atoms in total. The van der Waals surface area contributed by atoms with E-state index in [1.54, 1.807) is 6.07 Å². The standard InChI is InChI=1S/C17H28N2O4S/c1-5-7-8-13(6-2)12-19-17(20)14-9-10-15(23-4)16(11-14)24(21,22)18-3/h9-11,13,18H,5-8,12H2,1-4H3,(H,19,20)/t13-/m0/s1. The van der Waals surface area contributed by atoms with Crippen LogP contribution in [0.5, 0.6) is 5.75 Å². The van der Waals surface area contributed by atoms with Gasteiger partial charge in [-0.3, -0.25) is 4.79 Å². The van der Waals surface area contributed by atoms with Crippen LogP contribution in [0.2, 0.25) is 0 Å². The first-order valence-electron chi connectivity index (χ1n) is 8.29. The number of hydrogen-bond acceptors (Lipinski definition) is 4. The van der Waals surface area contributed by atoms with Gasteiger partial charge < -0.3 is 10.1 Å². The van der Waals surface area contributed by atoms with Crippen LogP contribution in [0.25, 0.3) is 0 Å². The Kier molecular flexibility index (Phi) is 8.21. The summed E-state index contributed by atoms with van der Waals surface area (Å²) < 4.78 is 31.4. The van der Waals surface area contributed by atoms with Crippen molar-refractivity contribution in [2.75, 3.05) is 20.7 Å². The molecule has 1 atom stereocenters. The van der Waals surface area contributed by atoms with E-state index in [0.29, 0.717) is 18.0 Å². The average Bonchev–Trinajstić information content (AvgIpc) is 2.61. The van der Waals surface area contributed by atoms with Crippen molar-refractivity contribution in [2.45, 2.75) is 44.4 Å². The molecule has 0 aliphatic heterocycles. The van der Waals surface area contributed by atoms with Gasteiger partial charge in [-0.2, -0.15) is 0 Å². The number of unbranched alkanes of at least 4 members (excludes halogenated alkanes) is 1. The lowest BCUT2D eigenvalue weighted by Crippen LogP contribution is -2.29. The molecule has 0 saturated heterocycles. The number of benzene rings is 1. The van der Waals surface area contributed by atoms with Crippen LogP contribution in [0.15, 0.2) is 23.1 Å². The van der Waals surface area contributed by atoms with Gasteiger partial charge in [-0.05, 0) is 37.6 Å². The van der Waals surface area contributed by atoms with Gasteiger partial charge in [-0.15, -0.1) is 0 Å². The normalized spacial score (nSPS) is 12.7. The highest BCUT2D eigenvalue weighted by Crippen LogP contribution is 2.24. The third kappa shape index (κ3) is 5.49. The number of ether oxygens (including phenoxy) is 1. The largest absolute Gasteiger partial charge is 0.495 e. The molecular formula is C17H28N2O4S. The summed E-state index contributed by atoms with van der Waals surface area (Å²) in [6, 6.07) is 4.40. The predicted octanol–water partition coefficient (Wildman–Crippen LogP) is 2.55. The van der Waals surface area contributed by atoms with E-state index in [0.717, 1.165) is 25.7 Å². The third-order valence-corrected chi connectivity index (χ3v) is 5.51. The minimum absolute atomic E-state index is 0.0434. The Hall–Kier alpha value is -1.60. The van der Waals surface area contributed by atoms with Crippen LogP contribution in [0.4, 0.5) is 0 Å². The fourth-order valence-corrected chi connectivity index (χ4v) is 3.34. The molecule has 0 saturated carbocycles. The minimum atomic E-state index is -3.70. The Labute approximate surface area is 145 Å². The van der Waals surface area contributed by atoms with Gasteiger partial charge in [0, 0.05) is 12.1 Å². The quantitative estimate of drug-likeness (QED) is 0.675. The van der Waals surface area contributed by atoms with E-state index in [-0.39, 0.29) is 16.6 Å². The van der Waals surface area contributed by atoms with Crippen LogP contribution in [0.3, 0.4) is 0 Å². The second kappa shape index (κ2) is 9.64. The van der Waals surface area contributed by atoms with Gasteiger partial charge in [0.05, 0.1) is 7.11 Å². The summed E-state index contributed by atoms with van der Waals surface area (Å²) in [4.78, 5) is 12.3. The van der Waals surface area contributed by atoms with Crippen molar-refractivity contribution < 1.29 is 17.9 Å². The summed E-state index contributed by atoms with van der Waals surface area (Å²) in [5.74, 6) is 0.364. The summed E-state index contributed by atoms with van der Waals surface area (Å²) in [5.41, 5.74) is 0.301. The van der Waals surface area contributed by atoms with Gasteiger partial charge >= 0.3 is 0 Å².